The van der Waals surface area contributed by atoms with E-state index in [1.807, 2.05) is 27.1 Å². The van der Waals surface area contributed by atoms with E-state index in [2.05, 4.69) is 49.1 Å². The summed E-state index contributed by atoms with van der Waals surface area (Å²) in [5.41, 5.74) is 6.34. The normalized spacial score (nSPS) is 12.3. The van der Waals surface area contributed by atoms with Crippen LogP contribution in [0.3, 0.4) is 0 Å². The molecule has 142 valence electrons. The first kappa shape index (κ1) is 19.2. The smallest absolute Gasteiger partial charge is 0.336 e. The first-order valence-electron chi connectivity index (χ1n) is 9.51. The van der Waals surface area contributed by atoms with E-state index in [0.717, 1.165) is 36.1 Å². The summed E-state index contributed by atoms with van der Waals surface area (Å²) >= 11 is 0. The average Bonchev–Trinajstić information content (AvgIpc) is 2.63. The molecule has 0 bridgehead atoms. The van der Waals surface area contributed by atoms with Crippen LogP contribution in [-0.4, -0.2) is 20.6 Å². The number of nitrogens with zero attached hydrogens (tertiary/aromatic N) is 1. The first-order chi connectivity index (χ1) is 12.9. The van der Waals surface area contributed by atoms with Crippen LogP contribution >= 0.6 is 0 Å². The second kappa shape index (κ2) is 7.97. The second-order valence-corrected chi connectivity index (χ2v) is 7.54. The highest BCUT2D eigenvalue weighted by Crippen LogP contribution is 2.21. The van der Waals surface area contributed by atoms with E-state index < -0.39 is 0 Å². The van der Waals surface area contributed by atoms with E-state index >= 15 is 0 Å². The van der Waals surface area contributed by atoms with Gasteiger partial charge in [0.1, 0.15) is 18.7 Å². The van der Waals surface area contributed by atoms with Crippen LogP contribution in [0.25, 0.3) is 11.0 Å². The highest BCUT2D eigenvalue weighted by Gasteiger charge is 2.14. The minimum absolute atomic E-state index is 0.272. The largest absolute Gasteiger partial charge is 0.423 e. The van der Waals surface area contributed by atoms with Crippen molar-refractivity contribution in [3.05, 3.63) is 75.1 Å². The number of nitrogens with one attached hydrogen (secondary N) is 1. The van der Waals surface area contributed by atoms with Gasteiger partial charge in [-0.15, -0.1) is 0 Å². The standard InChI is InChI=1S/C23H28N2O2/c1-6-25(14-18-7-9-20(10-8-18)24(4)5)15-19-13-23(26)27-22-12-17(3)16(2)11-21(19)22/h7-13H,6,14-15H2,1-5H3/p+1. The van der Waals surface area contributed by atoms with Gasteiger partial charge in [0.15, 0.2) is 0 Å². The van der Waals surface area contributed by atoms with Crippen LogP contribution in [0, 0.1) is 13.8 Å². The van der Waals surface area contributed by atoms with Gasteiger partial charge in [-0.1, -0.05) is 12.1 Å². The van der Waals surface area contributed by atoms with Gasteiger partial charge in [0.05, 0.1) is 6.54 Å². The van der Waals surface area contributed by atoms with Crippen molar-refractivity contribution >= 4 is 16.7 Å². The zero-order valence-corrected chi connectivity index (χ0v) is 16.9. The number of hydrogen-bond acceptors (Lipinski definition) is 3. The Morgan fingerprint density at radius 3 is 2.26 bits per heavy atom. The van der Waals surface area contributed by atoms with Gasteiger partial charge in [0.2, 0.25) is 0 Å². The van der Waals surface area contributed by atoms with Crippen LogP contribution in [0.5, 0.6) is 0 Å². The fourth-order valence-corrected chi connectivity index (χ4v) is 3.41. The molecule has 1 N–H and O–H groups in total. The number of quaternary nitrogens is 1. The van der Waals surface area contributed by atoms with Crippen molar-refractivity contribution in [3.63, 3.8) is 0 Å². The predicted octanol–water partition coefficient (Wildman–Crippen LogP) is 3.08. The molecule has 0 spiro atoms. The summed E-state index contributed by atoms with van der Waals surface area (Å²) in [6.45, 7) is 9.05. The van der Waals surface area contributed by atoms with Gasteiger partial charge in [0, 0.05) is 42.4 Å². The molecule has 0 aliphatic rings. The van der Waals surface area contributed by atoms with Crippen LogP contribution in [0.4, 0.5) is 5.69 Å². The zero-order chi connectivity index (χ0) is 19.6. The summed E-state index contributed by atoms with van der Waals surface area (Å²) in [4.78, 5) is 15.6. The maximum atomic E-state index is 12.0. The van der Waals surface area contributed by atoms with Crippen molar-refractivity contribution in [1.29, 1.82) is 0 Å². The molecule has 4 nitrogen and oxygen atoms in total. The molecule has 27 heavy (non-hydrogen) atoms. The number of aryl methyl sites for hydroxylation is 2. The van der Waals surface area contributed by atoms with E-state index in [1.165, 1.54) is 21.7 Å². The Labute approximate surface area is 161 Å². The summed E-state index contributed by atoms with van der Waals surface area (Å²) < 4.78 is 5.44. The topological polar surface area (TPSA) is 37.9 Å². The number of rotatable bonds is 6. The van der Waals surface area contributed by atoms with Crippen LogP contribution in [0.15, 0.2) is 51.7 Å². The Morgan fingerprint density at radius 1 is 0.963 bits per heavy atom. The molecule has 0 saturated carbocycles. The molecule has 0 aliphatic heterocycles. The maximum absolute atomic E-state index is 12.0. The third kappa shape index (κ3) is 4.40. The fraction of sp³-hybridized carbons (Fsp3) is 0.348. The number of fused-ring (bicyclic) bond motifs is 1. The minimum Gasteiger partial charge on any atom is -0.423 e. The summed E-state index contributed by atoms with van der Waals surface area (Å²) in [7, 11) is 4.10. The molecule has 1 unspecified atom stereocenters. The van der Waals surface area contributed by atoms with Crippen LogP contribution in [0.2, 0.25) is 0 Å². The third-order valence-electron chi connectivity index (χ3n) is 5.29. The van der Waals surface area contributed by atoms with E-state index in [-0.39, 0.29) is 5.63 Å². The summed E-state index contributed by atoms with van der Waals surface area (Å²) in [5.74, 6) is 0. The second-order valence-electron chi connectivity index (χ2n) is 7.54. The average molecular weight is 365 g/mol. The highest BCUT2D eigenvalue weighted by molar-refractivity contribution is 5.81. The van der Waals surface area contributed by atoms with E-state index in [1.54, 1.807) is 6.07 Å². The van der Waals surface area contributed by atoms with Crippen molar-refractivity contribution in [2.75, 3.05) is 25.5 Å². The Balaban J connectivity index is 1.88. The molecule has 0 radical (unpaired) electrons. The Hall–Kier alpha value is -2.59. The molecule has 1 atom stereocenters. The summed E-state index contributed by atoms with van der Waals surface area (Å²) in [5, 5.41) is 1.05. The van der Waals surface area contributed by atoms with Gasteiger partial charge in [0.25, 0.3) is 0 Å². The zero-order valence-electron chi connectivity index (χ0n) is 16.9. The Kier molecular flexibility index (Phi) is 5.66. The Morgan fingerprint density at radius 2 is 1.63 bits per heavy atom. The summed E-state index contributed by atoms with van der Waals surface area (Å²) in [6, 6.07) is 14.5. The molecule has 0 fully saturated rings. The lowest BCUT2D eigenvalue weighted by atomic mass is 10.0. The third-order valence-corrected chi connectivity index (χ3v) is 5.29. The van der Waals surface area contributed by atoms with Crippen molar-refractivity contribution in [3.8, 4) is 0 Å². The molecule has 1 aromatic heterocycles. The molecule has 4 heteroatoms. The van der Waals surface area contributed by atoms with Crippen molar-refractivity contribution in [1.82, 2.24) is 0 Å². The maximum Gasteiger partial charge on any atom is 0.336 e. The highest BCUT2D eigenvalue weighted by atomic mass is 16.4. The molecule has 1 heterocycles. The molecular formula is C23H29N2O2+. The van der Waals surface area contributed by atoms with Crippen molar-refractivity contribution in [2.24, 2.45) is 0 Å². The number of anilines is 1. The monoisotopic (exact) mass is 365 g/mol. The van der Waals surface area contributed by atoms with Gasteiger partial charge < -0.3 is 14.2 Å². The molecule has 3 rings (SSSR count). The first-order valence-corrected chi connectivity index (χ1v) is 9.51. The van der Waals surface area contributed by atoms with Crippen LogP contribution in [0.1, 0.15) is 29.2 Å². The summed E-state index contributed by atoms with van der Waals surface area (Å²) in [6.07, 6.45) is 0. The lowest BCUT2D eigenvalue weighted by molar-refractivity contribution is -0.925. The van der Waals surface area contributed by atoms with Crippen molar-refractivity contribution in [2.45, 2.75) is 33.9 Å². The fourth-order valence-electron chi connectivity index (χ4n) is 3.41. The van der Waals surface area contributed by atoms with Gasteiger partial charge >= 0.3 is 5.63 Å². The van der Waals surface area contributed by atoms with Gasteiger partial charge in [-0.2, -0.15) is 0 Å². The minimum atomic E-state index is -0.272. The van der Waals surface area contributed by atoms with Gasteiger partial charge in [-0.3, -0.25) is 0 Å². The molecule has 0 saturated heterocycles. The molecular weight excluding hydrogens is 336 g/mol. The SMILES string of the molecule is CC[NH+](Cc1ccc(N(C)C)cc1)Cc1cc(=O)oc2cc(C)c(C)cc12. The van der Waals surface area contributed by atoms with E-state index in [9.17, 15) is 4.79 Å². The molecule has 0 amide bonds. The van der Waals surface area contributed by atoms with E-state index in [0.29, 0.717) is 5.58 Å². The lowest BCUT2D eigenvalue weighted by Crippen LogP contribution is -3.09. The molecule has 3 aromatic rings. The quantitative estimate of drug-likeness (QED) is 0.682. The van der Waals surface area contributed by atoms with Gasteiger partial charge in [-0.25, -0.2) is 4.79 Å². The predicted molar refractivity (Wildman–Crippen MR) is 112 cm³/mol. The lowest BCUT2D eigenvalue weighted by Gasteiger charge is -2.19. The van der Waals surface area contributed by atoms with E-state index in [4.69, 9.17) is 4.42 Å². The van der Waals surface area contributed by atoms with Crippen LogP contribution in [-0.2, 0) is 13.1 Å². The Bertz CT molecular complexity index is 988. The van der Waals surface area contributed by atoms with Gasteiger partial charge in [-0.05, 0) is 56.2 Å². The molecule has 2 aromatic carbocycles. The van der Waals surface area contributed by atoms with Crippen LogP contribution < -0.4 is 15.4 Å². The number of benzene rings is 2. The van der Waals surface area contributed by atoms with Crippen molar-refractivity contribution < 1.29 is 9.32 Å². The number of hydrogen-bond donors (Lipinski definition) is 1. The molecule has 0 aliphatic carbocycles.